The van der Waals surface area contributed by atoms with E-state index in [1.807, 2.05) is 6.20 Å². The summed E-state index contributed by atoms with van der Waals surface area (Å²) in [6, 6.07) is 7.04. The smallest absolute Gasteiger partial charge is 0.225 e. The lowest BCUT2D eigenvalue weighted by Gasteiger charge is -2.30. The highest BCUT2D eigenvalue weighted by Crippen LogP contribution is 2.25. The average molecular weight is 409 g/mol. The summed E-state index contributed by atoms with van der Waals surface area (Å²) in [7, 11) is -3.48. The van der Waals surface area contributed by atoms with Crippen molar-refractivity contribution in [1.29, 1.82) is 0 Å². The van der Waals surface area contributed by atoms with Gasteiger partial charge in [-0.05, 0) is 23.6 Å². The van der Waals surface area contributed by atoms with Gasteiger partial charge in [0.25, 0.3) is 0 Å². The minimum absolute atomic E-state index is 0.108. The SMILES string of the molecule is O=S(=O)(Cc1ccccc1Cl)N1CCc2cnc(N3CCOCC3)nc2C1. The Morgan fingerprint density at radius 2 is 1.93 bits per heavy atom. The lowest BCUT2D eigenvalue weighted by molar-refractivity contribution is 0.122. The number of hydrogen-bond acceptors (Lipinski definition) is 6. The molecule has 1 saturated heterocycles. The van der Waals surface area contributed by atoms with Gasteiger partial charge in [0.15, 0.2) is 0 Å². The first-order chi connectivity index (χ1) is 13.0. The standard InChI is InChI=1S/C18H21ClN4O3S/c19-16-4-2-1-3-15(16)13-27(24,25)23-6-5-14-11-20-18(21-17(14)12-23)22-7-9-26-10-8-22/h1-4,11H,5-10,12-13H2. The fourth-order valence-electron chi connectivity index (χ4n) is 3.32. The molecule has 144 valence electrons. The van der Waals surface area contributed by atoms with E-state index in [2.05, 4.69) is 14.9 Å². The fraction of sp³-hybridized carbons (Fsp3) is 0.444. The average Bonchev–Trinajstić information content (AvgIpc) is 2.69. The van der Waals surface area contributed by atoms with E-state index in [1.54, 1.807) is 24.3 Å². The van der Waals surface area contributed by atoms with Crippen molar-refractivity contribution in [3.8, 4) is 0 Å². The highest BCUT2D eigenvalue weighted by Gasteiger charge is 2.29. The van der Waals surface area contributed by atoms with E-state index in [9.17, 15) is 8.42 Å². The van der Waals surface area contributed by atoms with Gasteiger partial charge in [-0.2, -0.15) is 4.31 Å². The summed E-state index contributed by atoms with van der Waals surface area (Å²) in [5.74, 6) is 0.533. The summed E-state index contributed by atoms with van der Waals surface area (Å²) in [6.07, 6.45) is 2.44. The van der Waals surface area contributed by atoms with Crippen LogP contribution in [0.3, 0.4) is 0 Å². The number of sulfonamides is 1. The second kappa shape index (κ2) is 7.71. The molecule has 9 heteroatoms. The fourth-order valence-corrected chi connectivity index (χ4v) is 5.12. The number of nitrogens with zero attached hydrogens (tertiary/aromatic N) is 4. The summed E-state index contributed by atoms with van der Waals surface area (Å²) in [5.41, 5.74) is 2.40. The van der Waals surface area contributed by atoms with E-state index >= 15 is 0 Å². The minimum atomic E-state index is -3.48. The third-order valence-electron chi connectivity index (χ3n) is 4.88. The van der Waals surface area contributed by atoms with Crippen molar-refractivity contribution in [3.63, 3.8) is 0 Å². The maximum absolute atomic E-state index is 12.9. The Morgan fingerprint density at radius 3 is 2.70 bits per heavy atom. The van der Waals surface area contributed by atoms with Gasteiger partial charge in [0.2, 0.25) is 16.0 Å². The first kappa shape index (κ1) is 18.6. The summed E-state index contributed by atoms with van der Waals surface area (Å²) < 4.78 is 32.7. The second-order valence-corrected chi connectivity index (χ2v) is 9.05. The van der Waals surface area contributed by atoms with Crippen molar-refractivity contribution < 1.29 is 13.2 Å². The van der Waals surface area contributed by atoms with Crippen LogP contribution >= 0.6 is 11.6 Å². The zero-order valence-corrected chi connectivity index (χ0v) is 16.4. The molecule has 27 heavy (non-hydrogen) atoms. The van der Waals surface area contributed by atoms with E-state index in [-0.39, 0.29) is 12.3 Å². The molecule has 2 aromatic rings. The monoisotopic (exact) mass is 408 g/mol. The summed E-state index contributed by atoms with van der Waals surface area (Å²) in [4.78, 5) is 11.2. The van der Waals surface area contributed by atoms with E-state index in [0.717, 1.165) is 24.3 Å². The molecule has 0 N–H and O–H groups in total. The molecule has 7 nitrogen and oxygen atoms in total. The molecule has 0 bridgehead atoms. The van der Waals surface area contributed by atoms with Crippen molar-refractivity contribution in [3.05, 3.63) is 52.3 Å². The first-order valence-electron chi connectivity index (χ1n) is 8.92. The molecule has 0 spiro atoms. The van der Waals surface area contributed by atoms with Crippen LogP contribution in [-0.4, -0.2) is 55.5 Å². The molecular formula is C18H21ClN4O3S. The Hall–Kier alpha value is -1.74. The molecular weight excluding hydrogens is 388 g/mol. The molecule has 2 aliphatic rings. The van der Waals surface area contributed by atoms with Crippen LogP contribution in [0.2, 0.25) is 5.02 Å². The minimum Gasteiger partial charge on any atom is -0.378 e. The molecule has 1 aromatic heterocycles. The van der Waals surface area contributed by atoms with Crippen molar-refractivity contribution in [2.45, 2.75) is 18.7 Å². The van der Waals surface area contributed by atoms with Gasteiger partial charge >= 0.3 is 0 Å². The van der Waals surface area contributed by atoms with Gasteiger partial charge in [-0.15, -0.1) is 0 Å². The highest BCUT2D eigenvalue weighted by molar-refractivity contribution is 7.88. The van der Waals surface area contributed by atoms with Crippen molar-refractivity contribution in [1.82, 2.24) is 14.3 Å². The third kappa shape index (κ3) is 4.08. The Morgan fingerprint density at radius 1 is 1.15 bits per heavy atom. The Bertz CT molecular complexity index is 932. The topological polar surface area (TPSA) is 75.6 Å². The lowest BCUT2D eigenvalue weighted by atomic mass is 10.1. The Kier molecular flexibility index (Phi) is 5.32. The van der Waals surface area contributed by atoms with Crippen molar-refractivity contribution in [2.75, 3.05) is 37.7 Å². The number of hydrogen-bond donors (Lipinski definition) is 0. The number of anilines is 1. The Labute approximate surface area is 164 Å². The van der Waals surface area contributed by atoms with Crippen LogP contribution in [0.15, 0.2) is 30.5 Å². The first-order valence-corrected chi connectivity index (χ1v) is 10.9. The molecule has 2 aliphatic heterocycles. The molecule has 1 aromatic carbocycles. The largest absolute Gasteiger partial charge is 0.378 e. The van der Waals surface area contributed by atoms with Gasteiger partial charge in [0.1, 0.15) is 0 Å². The van der Waals surface area contributed by atoms with Crippen molar-refractivity contribution in [2.24, 2.45) is 0 Å². The van der Waals surface area contributed by atoms with E-state index < -0.39 is 10.0 Å². The zero-order valence-electron chi connectivity index (χ0n) is 14.8. The predicted molar refractivity (Wildman–Crippen MR) is 103 cm³/mol. The second-order valence-electron chi connectivity index (χ2n) is 6.67. The van der Waals surface area contributed by atoms with Crippen LogP contribution in [0.5, 0.6) is 0 Å². The number of rotatable bonds is 4. The van der Waals surface area contributed by atoms with Gasteiger partial charge < -0.3 is 9.64 Å². The number of halogens is 1. The van der Waals surface area contributed by atoms with Crippen LogP contribution in [0.25, 0.3) is 0 Å². The van der Waals surface area contributed by atoms with Crippen LogP contribution in [0, 0.1) is 0 Å². The van der Waals surface area contributed by atoms with E-state index in [4.69, 9.17) is 16.3 Å². The van der Waals surface area contributed by atoms with Crippen molar-refractivity contribution >= 4 is 27.6 Å². The quantitative estimate of drug-likeness (QED) is 0.768. The van der Waals surface area contributed by atoms with Crippen LogP contribution in [0.4, 0.5) is 5.95 Å². The molecule has 1 fully saturated rings. The maximum Gasteiger partial charge on any atom is 0.225 e. The summed E-state index contributed by atoms with van der Waals surface area (Å²) in [5, 5.41) is 0.468. The van der Waals surface area contributed by atoms with E-state index in [0.29, 0.717) is 42.7 Å². The molecule has 0 radical (unpaired) electrons. The number of aromatic nitrogens is 2. The van der Waals surface area contributed by atoms with Gasteiger partial charge in [0, 0.05) is 30.9 Å². The predicted octanol–water partition coefficient (Wildman–Crippen LogP) is 1.85. The van der Waals surface area contributed by atoms with Gasteiger partial charge in [-0.1, -0.05) is 29.8 Å². The number of ether oxygens (including phenoxy) is 1. The molecule has 0 unspecified atom stereocenters. The van der Waals surface area contributed by atoms with E-state index in [1.165, 1.54) is 4.31 Å². The molecule has 0 amide bonds. The van der Waals surface area contributed by atoms with Gasteiger partial charge in [-0.25, -0.2) is 18.4 Å². The van der Waals surface area contributed by atoms with Gasteiger partial charge in [-0.3, -0.25) is 0 Å². The normalized spacial score (nSPS) is 18.3. The molecule has 0 aliphatic carbocycles. The zero-order chi connectivity index (χ0) is 18.9. The molecule has 0 saturated carbocycles. The summed E-state index contributed by atoms with van der Waals surface area (Å²) in [6.45, 7) is 3.49. The summed E-state index contributed by atoms with van der Waals surface area (Å²) >= 11 is 6.14. The number of morpholine rings is 1. The maximum atomic E-state index is 12.9. The lowest BCUT2D eigenvalue weighted by Crippen LogP contribution is -2.39. The number of benzene rings is 1. The third-order valence-corrected chi connectivity index (χ3v) is 7.02. The van der Waals surface area contributed by atoms with Gasteiger partial charge in [0.05, 0.1) is 31.2 Å². The molecule has 3 heterocycles. The van der Waals surface area contributed by atoms with Crippen LogP contribution < -0.4 is 4.90 Å². The van der Waals surface area contributed by atoms with Crippen LogP contribution in [0.1, 0.15) is 16.8 Å². The Balaban J connectivity index is 1.53. The molecule has 4 rings (SSSR count). The highest BCUT2D eigenvalue weighted by atomic mass is 35.5. The molecule has 0 atom stereocenters. The number of fused-ring (bicyclic) bond motifs is 1. The van der Waals surface area contributed by atoms with Crippen LogP contribution in [-0.2, 0) is 33.5 Å².